The van der Waals surface area contributed by atoms with Gasteiger partial charge in [0.2, 0.25) is 0 Å². The highest BCUT2D eigenvalue weighted by molar-refractivity contribution is 5.79. The zero-order chi connectivity index (χ0) is 11.5. The lowest BCUT2D eigenvalue weighted by Crippen LogP contribution is -2.55. The second-order valence-corrected chi connectivity index (χ2v) is 3.31. The van der Waals surface area contributed by atoms with Crippen molar-refractivity contribution >= 4 is 5.97 Å². The lowest BCUT2D eigenvalue weighted by molar-refractivity contribution is -0.149. The highest BCUT2D eigenvalue weighted by Crippen LogP contribution is 2.19. The molecule has 0 aliphatic carbocycles. The van der Waals surface area contributed by atoms with E-state index < -0.39 is 17.9 Å². The van der Waals surface area contributed by atoms with Crippen molar-refractivity contribution in [2.45, 2.75) is 18.4 Å². The number of benzene rings is 1. The van der Waals surface area contributed by atoms with Crippen molar-refractivity contribution in [2.75, 3.05) is 0 Å². The minimum absolute atomic E-state index is 0.388. The molecule has 1 atom stereocenters. The van der Waals surface area contributed by atoms with Crippen LogP contribution in [-0.2, 0) is 11.2 Å². The third kappa shape index (κ3) is 2.50. The number of carboxylic acid groups (broad SMARTS) is 1. The van der Waals surface area contributed by atoms with Gasteiger partial charge in [-0.1, -0.05) is 30.3 Å². The first-order chi connectivity index (χ1) is 6.97. The Kier molecular flexibility index (Phi) is 3.36. The number of hydrogen-bond acceptors (Lipinski definition) is 2. The smallest absolute Gasteiger partial charge is 0.330 e. The average Bonchev–Trinajstić information content (AvgIpc) is 2.18. The monoisotopic (exact) mass is 215 g/mol. The van der Waals surface area contributed by atoms with Gasteiger partial charge in [0, 0.05) is 6.42 Å². The number of hydrogen-bond donors (Lipinski definition) is 2. The maximum atomic E-state index is 12.5. The van der Waals surface area contributed by atoms with Crippen LogP contribution in [0.1, 0.15) is 5.56 Å². The van der Waals surface area contributed by atoms with E-state index in [0.29, 0.717) is 5.56 Å². The van der Waals surface area contributed by atoms with Gasteiger partial charge in [0.05, 0.1) is 0 Å². The van der Waals surface area contributed by atoms with E-state index in [-0.39, 0.29) is 6.42 Å². The van der Waals surface area contributed by atoms with E-state index in [4.69, 9.17) is 10.8 Å². The van der Waals surface area contributed by atoms with Crippen molar-refractivity contribution in [1.82, 2.24) is 0 Å². The predicted molar refractivity (Wildman–Crippen MR) is 50.7 cm³/mol. The molecule has 0 heterocycles. The van der Waals surface area contributed by atoms with Crippen LogP contribution in [-0.4, -0.2) is 23.0 Å². The van der Waals surface area contributed by atoms with E-state index in [1.165, 1.54) is 0 Å². The Balaban J connectivity index is 2.90. The number of carbonyl (C=O) groups is 1. The number of alkyl halides is 2. The molecule has 0 spiro atoms. The van der Waals surface area contributed by atoms with Crippen LogP contribution in [0.2, 0.25) is 0 Å². The van der Waals surface area contributed by atoms with Crippen molar-refractivity contribution < 1.29 is 18.7 Å². The third-order valence-electron chi connectivity index (χ3n) is 2.13. The quantitative estimate of drug-likeness (QED) is 0.795. The van der Waals surface area contributed by atoms with Crippen molar-refractivity contribution in [3.63, 3.8) is 0 Å². The minimum atomic E-state index is -3.10. The molecule has 3 nitrogen and oxygen atoms in total. The Morgan fingerprint density at radius 1 is 1.40 bits per heavy atom. The summed E-state index contributed by atoms with van der Waals surface area (Å²) < 4.78 is 25.0. The number of aliphatic carboxylic acids is 1. The summed E-state index contributed by atoms with van der Waals surface area (Å²) >= 11 is 0. The lowest BCUT2D eigenvalue weighted by atomic mass is 9.92. The van der Waals surface area contributed by atoms with Crippen LogP contribution in [0.4, 0.5) is 8.78 Å². The summed E-state index contributed by atoms with van der Waals surface area (Å²) in [7, 11) is 0. The highest BCUT2D eigenvalue weighted by Gasteiger charge is 2.43. The molecule has 0 fully saturated rings. The van der Waals surface area contributed by atoms with Crippen molar-refractivity contribution in [3.8, 4) is 0 Å². The summed E-state index contributed by atoms with van der Waals surface area (Å²) in [5.74, 6) is -1.69. The Labute approximate surface area is 85.5 Å². The molecule has 0 saturated heterocycles. The van der Waals surface area contributed by atoms with E-state index in [1.807, 2.05) is 0 Å². The highest BCUT2D eigenvalue weighted by atomic mass is 19.3. The first-order valence-corrected chi connectivity index (χ1v) is 4.31. The van der Waals surface area contributed by atoms with Crippen LogP contribution in [0.25, 0.3) is 0 Å². The molecule has 82 valence electrons. The van der Waals surface area contributed by atoms with Crippen LogP contribution in [0, 0.1) is 0 Å². The SMILES string of the molecule is NC(Cc1ccccc1)(C(=O)O)C(F)F. The molecule has 0 aliphatic rings. The van der Waals surface area contributed by atoms with Crippen molar-refractivity contribution in [3.05, 3.63) is 35.9 Å². The molecule has 1 aromatic carbocycles. The van der Waals surface area contributed by atoms with Gasteiger partial charge in [0.15, 0.2) is 5.54 Å². The standard InChI is InChI=1S/C10H11F2NO2/c11-8(12)10(13,9(14)15)6-7-4-2-1-3-5-7/h1-5,8H,6,13H2,(H,14,15). The molecule has 0 aliphatic heterocycles. The van der Waals surface area contributed by atoms with Gasteiger partial charge in [-0.05, 0) is 5.56 Å². The third-order valence-corrected chi connectivity index (χ3v) is 2.13. The summed E-state index contributed by atoms with van der Waals surface area (Å²) in [6, 6.07) is 8.12. The molecular weight excluding hydrogens is 204 g/mol. The Morgan fingerprint density at radius 3 is 2.33 bits per heavy atom. The van der Waals surface area contributed by atoms with Gasteiger partial charge in [-0.15, -0.1) is 0 Å². The fraction of sp³-hybridized carbons (Fsp3) is 0.300. The first-order valence-electron chi connectivity index (χ1n) is 4.31. The summed E-state index contributed by atoms with van der Waals surface area (Å²) in [5, 5.41) is 8.66. The fourth-order valence-electron chi connectivity index (χ4n) is 1.18. The molecule has 0 saturated carbocycles. The number of halogens is 2. The molecule has 0 amide bonds. The van der Waals surface area contributed by atoms with Gasteiger partial charge in [-0.25, -0.2) is 13.6 Å². The molecule has 1 unspecified atom stereocenters. The van der Waals surface area contributed by atoms with E-state index in [9.17, 15) is 13.6 Å². The fourth-order valence-corrected chi connectivity index (χ4v) is 1.18. The maximum Gasteiger partial charge on any atom is 0.330 e. The van der Waals surface area contributed by atoms with Crippen molar-refractivity contribution in [1.29, 1.82) is 0 Å². The van der Waals surface area contributed by atoms with Crippen LogP contribution < -0.4 is 5.73 Å². The molecule has 5 heteroatoms. The summed E-state index contributed by atoms with van der Waals surface area (Å²) in [5.41, 5.74) is 3.13. The Bertz CT molecular complexity index is 343. The van der Waals surface area contributed by atoms with Gasteiger partial charge in [0.25, 0.3) is 6.43 Å². The average molecular weight is 215 g/mol. The first kappa shape index (κ1) is 11.6. The van der Waals surface area contributed by atoms with Crippen LogP contribution in [0.15, 0.2) is 30.3 Å². The summed E-state index contributed by atoms with van der Waals surface area (Å²) in [6.45, 7) is 0. The molecule has 0 radical (unpaired) electrons. The molecule has 1 aromatic rings. The minimum Gasteiger partial charge on any atom is -0.480 e. The lowest BCUT2D eigenvalue weighted by Gasteiger charge is -2.23. The van der Waals surface area contributed by atoms with E-state index in [2.05, 4.69) is 0 Å². The molecular formula is C10H11F2NO2. The van der Waals surface area contributed by atoms with Crippen LogP contribution >= 0.6 is 0 Å². The normalized spacial score (nSPS) is 14.9. The van der Waals surface area contributed by atoms with Crippen molar-refractivity contribution in [2.24, 2.45) is 5.73 Å². The Morgan fingerprint density at radius 2 is 1.93 bits per heavy atom. The molecule has 3 N–H and O–H groups in total. The topological polar surface area (TPSA) is 63.3 Å². The second kappa shape index (κ2) is 4.35. The zero-order valence-electron chi connectivity index (χ0n) is 7.86. The van der Waals surface area contributed by atoms with Gasteiger partial charge in [-0.2, -0.15) is 0 Å². The maximum absolute atomic E-state index is 12.5. The largest absolute Gasteiger partial charge is 0.480 e. The van der Waals surface area contributed by atoms with E-state index >= 15 is 0 Å². The van der Waals surface area contributed by atoms with Gasteiger partial charge in [0.1, 0.15) is 0 Å². The molecule has 1 rings (SSSR count). The van der Waals surface area contributed by atoms with Gasteiger partial charge in [-0.3, -0.25) is 0 Å². The molecule has 0 aromatic heterocycles. The van der Waals surface area contributed by atoms with Gasteiger partial charge >= 0.3 is 5.97 Å². The van der Waals surface area contributed by atoms with Crippen LogP contribution in [0.5, 0.6) is 0 Å². The van der Waals surface area contributed by atoms with E-state index in [1.54, 1.807) is 30.3 Å². The predicted octanol–water partition coefficient (Wildman–Crippen LogP) is 1.28. The van der Waals surface area contributed by atoms with Crippen LogP contribution in [0.3, 0.4) is 0 Å². The number of carboxylic acids is 1. The summed E-state index contributed by atoms with van der Waals surface area (Å²) in [6.07, 6.45) is -3.49. The van der Waals surface area contributed by atoms with Gasteiger partial charge < -0.3 is 10.8 Å². The number of nitrogens with two attached hydrogens (primary N) is 1. The zero-order valence-corrected chi connectivity index (χ0v) is 7.86. The Hall–Kier alpha value is -1.49. The second-order valence-electron chi connectivity index (χ2n) is 3.31. The molecule has 15 heavy (non-hydrogen) atoms. The van der Waals surface area contributed by atoms with E-state index in [0.717, 1.165) is 0 Å². The molecule has 0 bridgehead atoms. The summed E-state index contributed by atoms with van der Waals surface area (Å²) in [4.78, 5) is 10.7. The number of rotatable bonds is 4.